The van der Waals surface area contributed by atoms with E-state index in [9.17, 15) is 4.79 Å². The van der Waals surface area contributed by atoms with Gasteiger partial charge in [-0.05, 0) is 42.5 Å². The molecule has 0 bridgehead atoms. The average molecular weight is 325 g/mol. The van der Waals surface area contributed by atoms with Gasteiger partial charge in [-0.15, -0.1) is 0 Å². The number of amides is 1. The van der Waals surface area contributed by atoms with Crippen molar-refractivity contribution in [1.82, 2.24) is 4.98 Å². The Labute approximate surface area is 138 Å². The molecule has 0 aliphatic carbocycles. The lowest BCUT2D eigenvalue weighted by Gasteiger charge is -2.09. The third-order valence-electron chi connectivity index (χ3n) is 3.03. The van der Waals surface area contributed by atoms with Crippen molar-refractivity contribution < 1.29 is 9.53 Å². The first-order valence-electron chi connectivity index (χ1n) is 6.95. The number of hydrogen-bond donors (Lipinski definition) is 1. The molecule has 0 atom stereocenters. The van der Waals surface area contributed by atoms with Crippen molar-refractivity contribution in [2.75, 3.05) is 5.32 Å². The van der Waals surface area contributed by atoms with Gasteiger partial charge in [-0.25, -0.2) is 0 Å². The maximum absolute atomic E-state index is 12.3. The molecule has 1 aromatic heterocycles. The Morgan fingerprint density at radius 3 is 2.57 bits per heavy atom. The number of benzene rings is 2. The van der Waals surface area contributed by atoms with Crippen molar-refractivity contribution in [3.63, 3.8) is 0 Å². The first-order valence-corrected chi connectivity index (χ1v) is 7.33. The van der Waals surface area contributed by atoms with E-state index in [0.29, 0.717) is 27.8 Å². The van der Waals surface area contributed by atoms with Crippen LogP contribution in [0, 0.1) is 0 Å². The van der Waals surface area contributed by atoms with Gasteiger partial charge < -0.3 is 10.1 Å². The van der Waals surface area contributed by atoms with Crippen LogP contribution >= 0.6 is 11.6 Å². The van der Waals surface area contributed by atoms with Crippen LogP contribution in [0.15, 0.2) is 73.1 Å². The minimum absolute atomic E-state index is 0.279. The van der Waals surface area contributed by atoms with Crippen molar-refractivity contribution in [2.24, 2.45) is 0 Å². The second-order valence-electron chi connectivity index (χ2n) is 4.79. The number of nitrogens with one attached hydrogen (secondary N) is 1. The van der Waals surface area contributed by atoms with Gasteiger partial charge in [0.05, 0.1) is 11.9 Å². The second-order valence-corrected chi connectivity index (χ2v) is 5.22. The number of aromatic nitrogens is 1. The molecule has 3 rings (SSSR count). The number of carbonyl (C=O) groups is 1. The number of hydrogen-bond acceptors (Lipinski definition) is 3. The Hall–Kier alpha value is -2.85. The molecule has 0 saturated carbocycles. The Morgan fingerprint density at radius 2 is 1.83 bits per heavy atom. The molecule has 1 heterocycles. The summed E-state index contributed by atoms with van der Waals surface area (Å²) in [6.45, 7) is 0. The third-order valence-corrected chi connectivity index (χ3v) is 3.25. The summed E-state index contributed by atoms with van der Waals surface area (Å²) in [5, 5.41) is 3.19. The molecule has 23 heavy (non-hydrogen) atoms. The maximum atomic E-state index is 12.3. The number of carbonyl (C=O) groups excluding carboxylic acids is 1. The van der Waals surface area contributed by atoms with Gasteiger partial charge in [0.2, 0.25) is 0 Å². The molecule has 0 saturated heterocycles. The van der Waals surface area contributed by atoms with Gasteiger partial charge in [-0.2, -0.15) is 0 Å². The number of para-hydroxylation sites is 1. The fourth-order valence-corrected chi connectivity index (χ4v) is 2.24. The van der Waals surface area contributed by atoms with Gasteiger partial charge in [0.25, 0.3) is 5.91 Å². The summed E-state index contributed by atoms with van der Waals surface area (Å²) in [6.07, 6.45) is 3.21. The fraction of sp³-hybridized carbons (Fsp3) is 0. The smallest absolute Gasteiger partial charge is 0.255 e. The van der Waals surface area contributed by atoms with E-state index >= 15 is 0 Å². The summed E-state index contributed by atoms with van der Waals surface area (Å²) in [5.74, 6) is 0.895. The number of ether oxygens (including phenoxy) is 1. The highest BCUT2D eigenvalue weighted by Crippen LogP contribution is 2.26. The SMILES string of the molecule is O=C(Nc1cccnc1)c1cc(Cl)cc(Oc2ccccc2)c1. The molecular weight excluding hydrogens is 312 g/mol. The van der Waals surface area contributed by atoms with Gasteiger partial charge in [0, 0.05) is 16.8 Å². The summed E-state index contributed by atoms with van der Waals surface area (Å²) in [7, 11) is 0. The van der Waals surface area contributed by atoms with Crippen LogP contribution in [0.4, 0.5) is 5.69 Å². The minimum atomic E-state index is -0.279. The lowest BCUT2D eigenvalue weighted by Crippen LogP contribution is -2.12. The molecular formula is C18H13ClN2O2. The number of halogens is 1. The van der Waals surface area contributed by atoms with E-state index in [-0.39, 0.29) is 5.91 Å². The third kappa shape index (κ3) is 4.08. The topological polar surface area (TPSA) is 51.2 Å². The molecule has 0 radical (unpaired) electrons. The molecule has 5 heteroatoms. The van der Waals surface area contributed by atoms with Crippen LogP contribution in [-0.2, 0) is 0 Å². The molecule has 0 aliphatic rings. The van der Waals surface area contributed by atoms with Crippen molar-refractivity contribution in [2.45, 2.75) is 0 Å². The van der Waals surface area contributed by atoms with Crippen LogP contribution in [0.1, 0.15) is 10.4 Å². The van der Waals surface area contributed by atoms with E-state index in [4.69, 9.17) is 16.3 Å². The van der Waals surface area contributed by atoms with E-state index in [2.05, 4.69) is 10.3 Å². The predicted molar refractivity (Wildman–Crippen MR) is 90.2 cm³/mol. The minimum Gasteiger partial charge on any atom is -0.457 e. The normalized spacial score (nSPS) is 10.1. The molecule has 1 amide bonds. The summed E-state index contributed by atoms with van der Waals surface area (Å²) in [5.41, 5.74) is 1.02. The van der Waals surface area contributed by atoms with Gasteiger partial charge in [0.1, 0.15) is 11.5 Å². The molecule has 4 nitrogen and oxygen atoms in total. The van der Waals surface area contributed by atoms with Crippen LogP contribution in [0.5, 0.6) is 11.5 Å². The maximum Gasteiger partial charge on any atom is 0.255 e. The zero-order chi connectivity index (χ0) is 16.1. The lowest BCUT2D eigenvalue weighted by atomic mass is 10.2. The molecule has 0 fully saturated rings. The number of pyridine rings is 1. The highest BCUT2D eigenvalue weighted by Gasteiger charge is 2.10. The van der Waals surface area contributed by atoms with E-state index in [1.165, 1.54) is 0 Å². The zero-order valence-corrected chi connectivity index (χ0v) is 12.8. The van der Waals surface area contributed by atoms with Crippen LogP contribution in [-0.4, -0.2) is 10.9 Å². The summed E-state index contributed by atoms with van der Waals surface area (Å²) in [4.78, 5) is 16.3. The highest BCUT2D eigenvalue weighted by molar-refractivity contribution is 6.31. The van der Waals surface area contributed by atoms with E-state index in [0.717, 1.165) is 0 Å². The predicted octanol–water partition coefficient (Wildman–Crippen LogP) is 4.78. The number of nitrogens with zero attached hydrogens (tertiary/aromatic N) is 1. The van der Waals surface area contributed by atoms with Crippen molar-refractivity contribution in [3.05, 3.63) is 83.6 Å². The molecule has 0 aliphatic heterocycles. The average Bonchev–Trinajstić information content (AvgIpc) is 2.56. The Balaban J connectivity index is 1.81. The largest absolute Gasteiger partial charge is 0.457 e. The van der Waals surface area contributed by atoms with E-state index in [1.807, 2.05) is 30.3 Å². The molecule has 1 N–H and O–H groups in total. The van der Waals surface area contributed by atoms with Gasteiger partial charge >= 0.3 is 0 Å². The van der Waals surface area contributed by atoms with E-state index in [1.54, 1.807) is 42.7 Å². The lowest BCUT2D eigenvalue weighted by molar-refractivity contribution is 0.102. The van der Waals surface area contributed by atoms with Gasteiger partial charge in [-0.1, -0.05) is 29.8 Å². The van der Waals surface area contributed by atoms with Gasteiger partial charge in [0.15, 0.2) is 0 Å². The van der Waals surface area contributed by atoms with Crippen LogP contribution in [0.3, 0.4) is 0 Å². The molecule has 0 unspecified atom stereocenters. The first-order chi connectivity index (χ1) is 11.2. The van der Waals surface area contributed by atoms with Crippen molar-refractivity contribution in [1.29, 1.82) is 0 Å². The fourth-order valence-electron chi connectivity index (χ4n) is 2.02. The molecule has 3 aromatic rings. The Morgan fingerprint density at radius 1 is 1.00 bits per heavy atom. The quantitative estimate of drug-likeness (QED) is 0.751. The zero-order valence-electron chi connectivity index (χ0n) is 12.1. The van der Waals surface area contributed by atoms with Crippen LogP contribution < -0.4 is 10.1 Å². The summed E-state index contributed by atoms with van der Waals surface area (Å²) < 4.78 is 5.72. The Kier molecular flexibility index (Phi) is 4.54. The number of rotatable bonds is 4. The first kappa shape index (κ1) is 15.1. The van der Waals surface area contributed by atoms with Crippen LogP contribution in [0.25, 0.3) is 0 Å². The molecule has 114 valence electrons. The second kappa shape index (κ2) is 6.94. The van der Waals surface area contributed by atoms with Crippen molar-refractivity contribution in [3.8, 4) is 11.5 Å². The highest BCUT2D eigenvalue weighted by atomic mass is 35.5. The molecule has 2 aromatic carbocycles. The van der Waals surface area contributed by atoms with Crippen molar-refractivity contribution >= 4 is 23.2 Å². The van der Waals surface area contributed by atoms with Gasteiger partial charge in [-0.3, -0.25) is 9.78 Å². The molecule has 0 spiro atoms. The monoisotopic (exact) mass is 324 g/mol. The standard InChI is InChI=1S/C18H13ClN2O2/c19-14-9-13(18(22)21-15-5-4-8-20-12-15)10-17(11-14)23-16-6-2-1-3-7-16/h1-12H,(H,21,22). The summed E-state index contributed by atoms with van der Waals surface area (Å²) >= 11 is 6.09. The summed E-state index contributed by atoms with van der Waals surface area (Å²) in [6, 6.07) is 17.7. The number of anilines is 1. The van der Waals surface area contributed by atoms with E-state index < -0.39 is 0 Å². The van der Waals surface area contributed by atoms with Crippen LogP contribution in [0.2, 0.25) is 5.02 Å². The Bertz CT molecular complexity index is 808.